The summed E-state index contributed by atoms with van der Waals surface area (Å²) in [5.74, 6) is -0.504. The number of hydrogen-bond donors (Lipinski definition) is 2. The van der Waals surface area contributed by atoms with Crippen molar-refractivity contribution in [2.45, 2.75) is 76.4 Å². The quantitative estimate of drug-likeness (QED) is 0.215. The van der Waals surface area contributed by atoms with E-state index in [4.69, 9.17) is 9.84 Å². The molecule has 2 N–H and O–H groups in total. The summed E-state index contributed by atoms with van der Waals surface area (Å²) in [7, 11) is 1.48. The molecule has 4 fully saturated rings. The van der Waals surface area contributed by atoms with Gasteiger partial charge in [0.2, 0.25) is 11.8 Å². The van der Waals surface area contributed by atoms with Gasteiger partial charge in [-0.3, -0.25) is 29.2 Å². The summed E-state index contributed by atoms with van der Waals surface area (Å²) in [5, 5.41) is 11.6. The molecule has 58 heavy (non-hydrogen) atoms. The van der Waals surface area contributed by atoms with Crippen LogP contribution in [0.15, 0.2) is 47.2 Å². The topological polar surface area (TPSA) is 158 Å². The van der Waals surface area contributed by atoms with E-state index in [0.717, 1.165) is 118 Å². The minimum Gasteiger partial charge on any atom is -0.467 e. The van der Waals surface area contributed by atoms with Crippen LogP contribution in [0.4, 0.5) is 17.1 Å². The van der Waals surface area contributed by atoms with Gasteiger partial charge in [0.05, 0.1) is 34.5 Å². The Morgan fingerprint density at radius 2 is 1.74 bits per heavy atom. The molecule has 16 heteroatoms. The molecule has 15 nitrogen and oxygen atoms in total. The van der Waals surface area contributed by atoms with Gasteiger partial charge in [-0.2, -0.15) is 10.1 Å². The number of nitrogens with zero attached hydrogens (tertiary/aromatic N) is 8. The number of nitrogens with one attached hydrogen (secondary N) is 2. The van der Waals surface area contributed by atoms with Crippen molar-refractivity contribution in [1.29, 1.82) is 0 Å². The van der Waals surface area contributed by atoms with Gasteiger partial charge in [-0.05, 0) is 103 Å². The van der Waals surface area contributed by atoms with Crippen LogP contribution in [0, 0.1) is 5.92 Å². The van der Waals surface area contributed by atoms with Crippen molar-refractivity contribution in [1.82, 2.24) is 34.9 Å². The lowest BCUT2D eigenvalue weighted by Crippen LogP contribution is -2.52. The van der Waals surface area contributed by atoms with E-state index in [1.807, 2.05) is 18.2 Å². The number of ether oxygens (including phenoxy) is 1. The molecule has 5 aliphatic rings. The number of hydrogen-bond acceptors (Lipinski definition) is 11. The number of amides is 4. The number of rotatable bonds is 9. The Morgan fingerprint density at radius 3 is 2.50 bits per heavy atom. The summed E-state index contributed by atoms with van der Waals surface area (Å²) in [6, 6.07) is 10.1. The Balaban J connectivity index is 0.805. The van der Waals surface area contributed by atoms with Crippen molar-refractivity contribution in [2.24, 2.45) is 5.92 Å². The fraction of sp³-hybridized carbons (Fsp3) is 0.500. The summed E-state index contributed by atoms with van der Waals surface area (Å²) in [6.07, 6.45) is 11.9. The smallest absolute Gasteiger partial charge is 0.316 e. The zero-order valence-corrected chi connectivity index (χ0v) is 34.4. The van der Waals surface area contributed by atoms with E-state index in [1.54, 1.807) is 4.90 Å². The molecule has 4 aromatic rings. The fourth-order valence-electron chi connectivity index (χ4n) is 9.40. The summed E-state index contributed by atoms with van der Waals surface area (Å²) >= 11 is 3.43. The third kappa shape index (κ3) is 7.75. The molecule has 7 heterocycles. The van der Waals surface area contributed by atoms with Crippen LogP contribution in [0.25, 0.3) is 10.9 Å². The number of likely N-dealkylation sites (tertiary alicyclic amines) is 1. The second-order valence-corrected chi connectivity index (χ2v) is 17.2. The predicted octanol–water partition coefficient (Wildman–Crippen LogP) is 5.15. The largest absolute Gasteiger partial charge is 0.467 e. The standard InChI is InChI=1S/C42H49BrN10O5/c1-58-42-44-22-32(43)38(47-42)40(56)45-34-19-28-25-53(48-33(28)21-36(34)51-13-3-2-4-14-51)29-11-15-49(16-12-29)23-26-9-17-50(18-10-26)30-6-5-27-24-52(41(57)31(27)20-30)35-7-8-37(54)46-39(35)55/h5-6,19-22,25-26,29,35H,2-4,7-18,23-24H2,1H3,(H,45,56)(H,46,54,55). The van der Waals surface area contributed by atoms with Crippen LogP contribution in [-0.2, 0) is 16.1 Å². The lowest BCUT2D eigenvalue weighted by atomic mass is 9.94. The molecular weight excluding hydrogens is 804 g/mol. The van der Waals surface area contributed by atoms with Crippen molar-refractivity contribution < 1.29 is 23.9 Å². The van der Waals surface area contributed by atoms with Crippen molar-refractivity contribution in [3.05, 3.63) is 64.0 Å². The Morgan fingerprint density at radius 1 is 0.948 bits per heavy atom. The molecule has 0 radical (unpaired) electrons. The molecule has 5 aliphatic heterocycles. The van der Waals surface area contributed by atoms with E-state index >= 15 is 0 Å². The van der Waals surface area contributed by atoms with Crippen LogP contribution in [0.5, 0.6) is 6.01 Å². The first-order valence-electron chi connectivity index (χ1n) is 20.6. The van der Waals surface area contributed by atoms with Crippen LogP contribution >= 0.6 is 15.9 Å². The first-order valence-corrected chi connectivity index (χ1v) is 21.4. The zero-order chi connectivity index (χ0) is 39.9. The number of halogens is 1. The average molecular weight is 854 g/mol. The predicted molar refractivity (Wildman–Crippen MR) is 222 cm³/mol. The Kier molecular flexibility index (Phi) is 10.8. The SMILES string of the molecule is COc1ncc(Br)c(C(=O)Nc2cc3cn(C4CCN(CC5CCN(c6ccc7c(c6)C(=O)N(C6CCC(=O)NC6=O)C7)CC5)CC4)nc3cc2N2CCCCC2)n1. The molecule has 1 atom stereocenters. The number of carbonyl (C=O) groups excluding carboxylic acids is 4. The minimum atomic E-state index is -0.599. The monoisotopic (exact) mass is 852 g/mol. The van der Waals surface area contributed by atoms with Crippen molar-refractivity contribution >= 4 is 67.5 Å². The van der Waals surface area contributed by atoms with Crippen LogP contribution in [0.2, 0.25) is 0 Å². The normalized spacial score (nSPS) is 21.1. The van der Waals surface area contributed by atoms with Gasteiger partial charge in [0.1, 0.15) is 11.7 Å². The van der Waals surface area contributed by atoms with E-state index in [-0.39, 0.29) is 41.8 Å². The number of aromatic nitrogens is 4. The highest BCUT2D eigenvalue weighted by Gasteiger charge is 2.39. The van der Waals surface area contributed by atoms with Gasteiger partial charge in [0, 0.05) is 87.8 Å². The molecule has 2 aromatic heterocycles. The Bertz CT molecular complexity index is 2240. The number of benzene rings is 2. The van der Waals surface area contributed by atoms with Crippen LogP contribution < -0.4 is 25.2 Å². The third-order valence-electron chi connectivity index (χ3n) is 12.6. The number of carbonyl (C=O) groups is 4. The first kappa shape index (κ1) is 38.4. The van der Waals surface area contributed by atoms with E-state index in [1.165, 1.54) is 19.7 Å². The maximum atomic E-state index is 13.5. The highest BCUT2D eigenvalue weighted by molar-refractivity contribution is 9.10. The number of piperidine rings is 4. The number of imide groups is 1. The molecule has 1 unspecified atom stereocenters. The fourth-order valence-corrected chi connectivity index (χ4v) is 9.77. The van der Waals surface area contributed by atoms with Gasteiger partial charge in [0.25, 0.3) is 11.8 Å². The summed E-state index contributed by atoms with van der Waals surface area (Å²) < 4.78 is 7.81. The first-order chi connectivity index (χ1) is 28.2. The summed E-state index contributed by atoms with van der Waals surface area (Å²) in [5.41, 5.74) is 5.51. The lowest BCUT2D eigenvalue weighted by Gasteiger charge is -2.38. The van der Waals surface area contributed by atoms with E-state index < -0.39 is 6.04 Å². The zero-order valence-electron chi connectivity index (χ0n) is 32.8. The molecule has 4 amide bonds. The highest BCUT2D eigenvalue weighted by Crippen LogP contribution is 2.36. The molecule has 9 rings (SSSR count). The van der Waals surface area contributed by atoms with Crippen molar-refractivity contribution in [2.75, 3.05) is 68.0 Å². The number of methoxy groups -OCH3 is 1. The van der Waals surface area contributed by atoms with E-state index in [9.17, 15) is 19.2 Å². The van der Waals surface area contributed by atoms with Crippen LogP contribution in [0.1, 0.15) is 90.2 Å². The van der Waals surface area contributed by atoms with Gasteiger partial charge in [-0.25, -0.2) is 4.98 Å². The number of anilines is 3. The summed E-state index contributed by atoms with van der Waals surface area (Å²) in [6.45, 7) is 7.28. The van der Waals surface area contributed by atoms with Gasteiger partial charge >= 0.3 is 6.01 Å². The second-order valence-electron chi connectivity index (χ2n) is 16.3. The highest BCUT2D eigenvalue weighted by atomic mass is 79.9. The van der Waals surface area contributed by atoms with Gasteiger partial charge in [-0.1, -0.05) is 6.07 Å². The van der Waals surface area contributed by atoms with Gasteiger partial charge < -0.3 is 29.7 Å². The molecule has 0 bridgehead atoms. The average Bonchev–Trinajstić information content (AvgIpc) is 3.81. The molecule has 0 aliphatic carbocycles. The third-order valence-corrected chi connectivity index (χ3v) is 13.2. The lowest BCUT2D eigenvalue weighted by molar-refractivity contribution is -0.136. The van der Waals surface area contributed by atoms with Crippen molar-refractivity contribution in [3.8, 4) is 6.01 Å². The Labute approximate surface area is 345 Å². The summed E-state index contributed by atoms with van der Waals surface area (Å²) in [4.78, 5) is 68.4. The van der Waals surface area contributed by atoms with Gasteiger partial charge in [-0.15, -0.1) is 0 Å². The minimum absolute atomic E-state index is 0.127. The molecule has 304 valence electrons. The van der Waals surface area contributed by atoms with Crippen molar-refractivity contribution in [3.63, 3.8) is 0 Å². The van der Waals surface area contributed by atoms with Crippen LogP contribution in [-0.4, -0.2) is 112 Å². The molecule has 4 saturated heterocycles. The van der Waals surface area contributed by atoms with E-state index in [0.29, 0.717) is 35.0 Å². The molecule has 0 saturated carbocycles. The number of fused-ring (bicyclic) bond motifs is 2. The molecule has 0 spiro atoms. The van der Waals surface area contributed by atoms with Gasteiger partial charge in [0.15, 0.2) is 0 Å². The van der Waals surface area contributed by atoms with E-state index in [2.05, 4.69) is 74.2 Å². The Hall–Kier alpha value is -5.09. The van der Waals surface area contributed by atoms with Crippen LogP contribution in [0.3, 0.4) is 0 Å². The maximum Gasteiger partial charge on any atom is 0.316 e. The molecular formula is C42H49BrN10O5. The maximum absolute atomic E-state index is 13.5. The second kappa shape index (κ2) is 16.3. The molecule has 2 aromatic carbocycles.